The standard InChI is InChI=1S/C14H9ClN2O2/c15-11-3-1-2-9-10(7-17-13(9)11)12-5-4-8(6-16-12)14(18)19/h1-7,17H,(H,18,19). The highest BCUT2D eigenvalue weighted by atomic mass is 35.5. The van der Waals surface area contributed by atoms with Crippen molar-refractivity contribution < 1.29 is 9.90 Å². The largest absolute Gasteiger partial charge is 0.478 e. The summed E-state index contributed by atoms with van der Waals surface area (Å²) in [5.41, 5.74) is 2.62. The van der Waals surface area contributed by atoms with Gasteiger partial charge in [-0.05, 0) is 18.2 Å². The third-order valence-electron chi connectivity index (χ3n) is 2.95. The fourth-order valence-corrected chi connectivity index (χ4v) is 2.24. The smallest absolute Gasteiger partial charge is 0.337 e. The molecule has 3 rings (SSSR count). The number of carboxylic acids is 1. The minimum Gasteiger partial charge on any atom is -0.478 e. The molecule has 0 saturated carbocycles. The normalized spacial score (nSPS) is 10.8. The van der Waals surface area contributed by atoms with Crippen LogP contribution in [-0.2, 0) is 0 Å². The van der Waals surface area contributed by atoms with Gasteiger partial charge >= 0.3 is 5.97 Å². The Morgan fingerprint density at radius 2 is 2.11 bits per heavy atom. The van der Waals surface area contributed by atoms with E-state index in [-0.39, 0.29) is 5.56 Å². The summed E-state index contributed by atoms with van der Waals surface area (Å²) in [6, 6.07) is 8.85. The van der Waals surface area contributed by atoms with Crippen LogP contribution in [0.1, 0.15) is 10.4 Å². The van der Waals surface area contributed by atoms with Crippen molar-refractivity contribution in [1.82, 2.24) is 9.97 Å². The SMILES string of the molecule is O=C(O)c1ccc(-c2c[nH]c3c(Cl)cccc23)nc1. The van der Waals surface area contributed by atoms with E-state index in [1.54, 1.807) is 6.07 Å². The Kier molecular flexibility index (Phi) is 2.72. The van der Waals surface area contributed by atoms with E-state index in [0.717, 1.165) is 16.5 Å². The van der Waals surface area contributed by atoms with E-state index < -0.39 is 5.97 Å². The van der Waals surface area contributed by atoms with Gasteiger partial charge in [0.25, 0.3) is 0 Å². The Hall–Kier alpha value is -2.33. The van der Waals surface area contributed by atoms with Gasteiger partial charge in [-0.15, -0.1) is 0 Å². The minimum atomic E-state index is -0.985. The Morgan fingerprint density at radius 3 is 2.79 bits per heavy atom. The summed E-state index contributed by atoms with van der Waals surface area (Å²) in [6.45, 7) is 0. The summed E-state index contributed by atoms with van der Waals surface area (Å²) in [4.78, 5) is 18.1. The molecule has 2 N–H and O–H groups in total. The molecular formula is C14H9ClN2O2. The number of fused-ring (bicyclic) bond motifs is 1. The van der Waals surface area contributed by atoms with Crippen molar-refractivity contribution in [3.05, 3.63) is 53.3 Å². The first kappa shape index (κ1) is 11.7. The predicted molar refractivity (Wildman–Crippen MR) is 73.5 cm³/mol. The molecule has 0 radical (unpaired) electrons. The number of para-hydroxylation sites is 1. The van der Waals surface area contributed by atoms with Crippen LogP contribution in [0.3, 0.4) is 0 Å². The number of halogens is 1. The number of H-pyrrole nitrogens is 1. The van der Waals surface area contributed by atoms with E-state index in [1.807, 2.05) is 24.4 Å². The summed E-state index contributed by atoms with van der Waals surface area (Å²) in [6.07, 6.45) is 3.17. The number of benzene rings is 1. The summed E-state index contributed by atoms with van der Waals surface area (Å²) >= 11 is 6.10. The molecule has 4 nitrogen and oxygen atoms in total. The van der Waals surface area contributed by atoms with Crippen molar-refractivity contribution in [3.63, 3.8) is 0 Å². The molecule has 0 spiro atoms. The lowest BCUT2D eigenvalue weighted by Gasteiger charge is -2.00. The molecule has 0 saturated heterocycles. The maximum atomic E-state index is 10.8. The van der Waals surface area contributed by atoms with Gasteiger partial charge in [0.15, 0.2) is 0 Å². The third-order valence-corrected chi connectivity index (χ3v) is 3.27. The van der Waals surface area contributed by atoms with Gasteiger partial charge in [0.05, 0.1) is 21.8 Å². The van der Waals surface area contributed by atoms with Gasteiger partial charge in [-0.25, -0.2) is 4.79 Å². The number of carboxylic acid groups (broad SMARTS) is 1. The highest BCUT2D eigenvalue weighted by Crippen LogP contribution is 2.30. The second kappa shape index (κ2) is 4.40. The molecule has 5 heteroatoms. The summed E-state index contributed by atoms with van der Waals surface area (Å²) < 4.78 is 0. The van der Waals surface area contributed by atoms with Crippen LogP contribution in [0.4, 0.5) is 0 Å². The molecular weight excluding hydrogens is 264 g/mol. The fraction of sp³-hybridized carbons (Fsp3) is 0. The highest BCUT2D eigenvalue weighted by Gasteiger charge is 2.10. The number of aromatic nitrogens is 2. The molecule has 0 bridgehead atoms. The van der Waals surface area contributed by atoms with Crippen molar-refractivity contribution in [1.29, 1.82) is 0 Å². The maximum absolute atomic E-state index is 10.8. The van der Waals surface area contributed by atoms with Crippen LogP contribution in [0.5, 0.6) is 0 Å². The molecule has 0 atom stereocenters. The van der Waals surface area contributed by atoms with E-state index in [0.29, 0.717) is 10.7 Å². The summed E-state index contributed by atoms with van der Waals surface area (Å²) in [5, 5.41) is 10.5. The van der Waals surface area contributed by atoms with Crippen LogP contribution >= 0.6 is 11.6 Å². The van der Waals surface area contributed by atoms with Crippen molar-refractivity contribution in [2.45, 2.75) is 0 Å². The van der Waals surface area contributed by atoms with Crippen molar-refractivity contribution in [3.8, 4) is 11.3 Å². The molecule has 2 heterocycles. The van der Waals surface area contributed by atoms with Gasteiger partial charge < -0.3 is 10.1 Å². The summed E-state index contributed by atoms with van der Waals surface area (Å²) in [5.74, 6) is -0.985. The van der Waals surface area contributed by atoms with Gasteiger partial charge in [0, 0.05) is 23.3 Å². The molecule has 1 aromatic carbocycles. The molecule has 0 fully saturated rings. The molecule has 0 amide bonds. The average molecular weight is 273 g/mol. The first-order valence-corrected chi connectivity index (χ1v) is 6.00. The minimum absolute atomic E-state index is 0.168. The lowest BCUT2D eigenvalue weighted by atomic mass is 10.1. The van der Waals surface area contributed by atoms with Crippen LogP contribution in [0.2, 0.25) is 5.02 Å². The quantitative estimate of drug-likeness (QED) is 0.749. The Labute approximate surface area is 113 Å². The van der Waals surface area contributed by atoms with Gasteiger partial charge in [0.1, 0.15) is 0 Å². The highest BCUT2D eigenvalue weighted by molar-refractivity contribution is 6.35. The molecule has 0 aliphatic heterocycles. The van der Waals surface area contributed by atoms with E-state index in [2.05, 4.69) is 9.97 Å². The molecule has 2 aromatic heterocycles. The average Bonchev–Trinajstić information content (AvgIpc) is 2.84. The predicted octanol–water partition coefficient (Wildman–Crippen LogP) is 3.58. The summed E-state index contributed by atoms with van der Waals surface area (Å²) in [7, 11) is 0. The zero-order chi connectivity index (χ0) is 13.4. The van der Waals surface area contributed by atoms with Gasteiger partial charge in [-0.1, -0.05) is 23.7 Å². The number of nitrogens with one attached hydrogen (secondary N) is 1. The van der Waals surface area contributed by atoms with Crippen molar-refractivity contribution in [2.24, 2.45) is 0 Å². The number of hydrogen-bond acceptors (Lipinski definition) is 2. The molecule has 0 aliphatic carbocycles. The number of carbonyl (C=O) groups is 1. The zero-order valence-electron chi connectivity index (χ0n) is 9.72. The second-order valence-electron chi connectivity index (χ2n) is 4.10. The lowest BCUT2D eigenvalue weighted by molar-refractivity contribution is 0.0696. The maximum Gasteiger partial charge on any atom is 0.337 e. The van der Waals surface area contributed by atoms with Crippen LogP contribution in [0.25, 0.3) is 22.2 Å². The Balaban J connectivity index is 2.14. The number of pyridine rings is 1. The van der Waals surface area contributed by atoms with Crippen molar-refractivity contribution in [2.75, 3.05) is 0 Å². The fourth-order valence-electron chi connectivity index (χ4n) is 2.01. The zero-order valence-corrected chi connectivity index (χ0v) is 10.5. The Morgan fingerprint density at radius 1 is 1.26 bits per heavy atom. The van der Waals surface area contributed by atoms with E-state index in [1.165, 1.54) is 12.3 Å². The number of aromatic amines is 1. The van der Waals surface area contributed by atoms with E-state index in [9.17, 15) is 4.79 Å². The molecule has 0 unspecified atom stereocenters. The first-order chi connectivity index (χ1) is 9.16. The van der Waals surface area contributed by atoms with Crippen molar-refractivity contribution >= 4 is 28.5 Å². The number of nitrogens with zero attached hydrogens (tertiary/aromatic N) is 1. The first-order valence-electron chi connectivity index (χ1n) is 5.62. The Bertz CT molecular complexity index is 763. The lowest BCUT2D eigenvalue weighted by Crippen LogP contribution is -1.96. The second-order valence-corrected chi connectivity index (χ2v) is 4.51. The topological polar surface area (TPSA) is 66.0 Å². The number of rotatable bonds is 2. The van der Waals surface area contributed by atoms with Gasteiger partial charge in [0.2, 0.25) is 0 Å². The van der Waals surface area contributed by atoms with Crippen LogP contribution in [0, 0.1) is 0 Å². The number of hydrogen-bond donors (Lipinski definition) is 2. The van der Waals surface area contributed by atoms with Crippen LogP contribution in [-0.4, -0.2) is 21.0 Å². The number of aromatic carboxylic acids is 1. The van der Waals surface area contributed by atoms with Crippen LogP contribution < -0.4 is 0 Å². The third kappa shape index (κ3) is 1.96. The molecule has 19 heavy (non-hydrogen) atoms. The molecule has 94 valence electrons. The molecule has 3 aromatic rings. The van der Waals surface area contributed by atoms with Gasteiger partial charge in [-0.3, -0.25) is 4.98 Å². The van der Waals surface area contributed by atoms with E-state index >= 15 is 0 Å². The molecule has 0 aliphatic rings. The van der Waals surface area contributed by atoms with Crippen LogP contribution in [0.15, 0.2) is 42.7 Å². The monoisotopic (exact) mass is 272 g/mol. The van der Waals surface area contributed by atoms with Gasteiger partial charge in [-0.2, -0.15) is 0 Å². The van der Waals surface area contributed by atoms with E-state index in [4.69, 9.17) is 16.7 Å².